The highest BCUT2D eigenvalue weighted by atomic mass is 35.5. The maximum Gasteiger partial charge on any atom is 0.319 e. The molecular weight excluding hydrogens is 300 g/mol. The molecular formula is C16H21ClN4O. The van der Waals surface area contributed by atoms with E-state index in [0.29, 0.717) is 17.3 Å². The first-order valence-corrected chi connectivity index (χ1v) is 7.64. The van der Waals surface area contributed by atoms with Crippen LogP contribution in [-0.2, 0) is 13.1 Å². The molecule has 2 amide bonds. The van der Waals surface area contributed by atoms with E-state index in [2.05, 4.69) is 15.7 Å². The molecule has 1 heterocycles. The summed E-state index contributed by atoms with van der Waals surface area (Å²) in [5, 5.41) is 10.8. The van der Waals surface area contributed by atoms with Gasteiger partial charge in [-0.1, -0.05) is 17.7 Å². The fourth-order valence-corrected chi connectivity index (χ4v) is 2.55. The van der Waals surface area contributed by atoms with Gasteiger partial charge in [0.05, 0.1) is 5.69 Å². The van der Waals surface area contributed by atoms with E-state index in [4.69, 9.17) is 11.6 Å². The number of rotatable bonds is 4. The molecule has 0 bridgehead atoms. The molecule has 0 atom stereocenters. The number of halogens is 1. The van der Waals surface area contributed by atoms with Crippen LogP contribution in [0.3, 0.4) is 0 Å². The van der Waals surface area contributed by atoms with Crippen molar-refractivity contribution in [1.82, 2.24) is 15.1 Å². The summed E-state index contributed by atoms with van der Waals surface area (Å²) in [4.78, 5) is 12.1. The molecule has 0 saturated heterocycles. The standard InChI is InChI=1S/C16H21ClN4O/c1-5-21-12(4)13(11(3)20-21)9-18-16(22)19-15-8-6-7-14(17)10(15)2/h6-8H,5,9H2,1-4H3,(H2,18,19,22). The fraction of sp³-hybridized carbons (Fsp3) is 0.375. The number of aryl methyl sites for hydroxylation is 2. The highest BCUT2D eigenvalue weighted by Gasteiger charge is 2.12. The Morgan fingerprint density at radius 2 is 2.05 bits per heavy atom. The van der Waals surface area contributed by atoms with Crippen LogP contribution in [0.1, 0.15) is 29.4 Å². The van der Waals surface area contributed by atoms with Crippen molar-refractivity contribution < 1.29 is 4.79 Å². The lowest BCUT2D eigenvalue weighted by atomic mass is 10.2. The summed E-state index contributed by atoms with van der Waals surface area (Å²) in [6, 6.07) is 5.18. The summed E-state index contributed by atoms with van der Waals surface area (Å²) in [7, 11) is 0. The van der Waals surface area contributed by atoms with Gasteiger partial charge in [0.2, 0.25) is 0 Å². The van der Waals surface area contributed by atoms with Crippen molar-refractivity contribution in [2.75, 3.05) is 5.32 Å². The lowest BCUT2D eigenvalue weighted by Gasteiger charge is -2.11. The SMILES string of the molecule is CCn1nc(C)c(CNC(=O)Nc2cccc(Cl)c2C)c1C. The van der Waals surface area contributed by atoms with Crippen molar-refractivity contribution in [3.8, 4) is 0 Å². The topological polar surface area (TPSA) is 59.0 Å². The van der Waals surface area contributed by atoms with Crippen molar-refractivity contribution in [2.45, 2.75) is 40.8 Å². The molecule has 118 valence electrons. The van der Waals surface area contributed by atoms with Crippen LogP contribution in [0.25, 0.3) is 0 Å². The lowest BCUT2D eigenvalue weighted by molar-refractivity contribution is 0.251. The van der Waals surface area contributed by atoms with E-state index < -0.39 is 0 Å². The first kappa shape index (κ1) is 16.4. The van der Waals surface area contributed by atoms with Gasteiger partial charge in [-0.25, -0.2) is 4.79 Å². The minimum Gasteiger partial charge on any atom is -0.334 e. The third kappa shape index (κ3) is 3.42. The van der Waals surface area contributed by atoms with Crippen LogP contribution in [0, 0.1) is 20.8 Å². The molecule has 2 aromatic rings. The van der Waals surface area contributed by atoms with Crippen LogP contribution in [-0.4, -0.2) is 15.8 Å². The molecule has 2 rings (SSSR count). The van der Waals surface area contributed by atoms with Crippen molar-refractivity contribution in [3.63, 3.8) is 0 Å². The number of aromatic nitrogens is 2. The molecule has 22 heavy (non-hydrogen) atoms. The van der Waals surface area contributed by atoms with E-state index >= 15 is 0 Å². The van der Waals surface area contributed by atoms with Crippen molar-refractivity contribution >= 4 is 23.3 Å². The molecule has 0 fully saturated rings. The van der Waals surface area contributed by atoms with E-state index in [-0.39, 0.29) is 6.03 Å². The van der Waals surface area contributed by atoms with Gasteiger partial charge in [-0.3, -0.25) is 4.68 Å². The zero-order chi connectivity index (χ0) is 16.3. The molecule has 0 spiro atoms. The number of amides is 2. The summed E-state index contributed by atoms with van der Waals surface area (Å²) < 4.78 is 1.94. The average molecular weight is 321 g/mol. The number of hydrogen-bond acceptors (Lipinski definition) is 2. The molecule has 2 N–H and O–H groups in total. The van der Waals surface area contributed by atoms with E-state index in [1.807, 2.05) is 44.5 Å². The number of benzene rings is 1. The van der Waals surface area contributed by atoms with Crippen molar-refractivity contribution in [2.24, 2.45) is 0 Å². The first-order chi connectivity index (χ1) is 10.4. The highest BCUT2D eigenvalue weighted by Crippen LogP contribution is 2.22. The van der Waals surface area contributed by atoms with Gasteiger partial charge in [0, 0.05) is 35.1 Å². The monoisotopic (exact) mass is 320 g/mol. The third-order valence-corrected chi connectivity index (χ3v) is 4.18. The van der Waals surface area contributed by atoms with Crippen LogP contribution < -0.4 is 10.6 Å². The number of urea groups is 1. The minimum atomic E-state index is -0.256. The van der Waals surface area contributed by atoms with Gasteiger partial charge in [-0.15, -0.1) is 0 Å². The predicted octanol–water partition coefficient (Wildman–Crippen LogP) is 3.80. The molecule has 1 aromatic heterocycles. The molecule has 5 nitrogen and oxygen atoms in total. The molecule has 0 unspecified atom stereocenters. The maximum atomic E-state index is 12.1. The Morgan fingerprint density at radius 3 is 2.68 bits per heavy atom. The number of hydrogen-bond donors (Lipinski definition) is 2. The lowest BCUT2D eigenvalue weighted by Crippen LogP contribution is -2.28. The zero-order valence-corrected chi connectivity index (χ0v) is 14.1. The van der Waals surface area contributed by atoms with Gasteiger partial charge >= 0.3 is 6.03 Å². The summed E-state index contributed by atoms with van der Waals surface area (Å²) in [5.41, 5.74) is 4.64. The van der Waals surface area contributed by atoms with Gasteiger partial charge in [-0.05, 0) is 45.4 Å². The average Bonchev–Trinajstić information content (AvgIpc) is 2.76. The number of carbonyl (C=O) groups is 1. The van der Waals surface area contributed by atoms with Crippen molar-refractivity contribution in [3.05, 3.63) is 45.7 Å². The second kappa shape index (κ2) is 6.83. The second-order valence-corrected chi connectivity index (χ2v) is 5.59. The maximum absolute atomic E-state index is 12.1. The van der Waals surface area contributed by atoms with Gasteiger partial charge in [0.1, 0.15) is 0 Å². The first-order valence-electron chi connectivity index (χ1n) is 7.26. The number of nitrogens with zero attached hydrogens (tertiary/aromatic N) is 2. The van der Waals surface area contributed by atoms with Gasteiger partial charge in [0.15, 0.2) is 0 Å². The summed E-state index contributed by atoms with van der Waals surface area (Å²) in [6.07, 6.45) is 0. The summed E-state index contributed by atoms with van der Waals surface area (Å²) >= 11 is 6.05. The Bertz CT molecular complexity index is 694. The highest BCUT2D eigenvalue weighted by molar-refractivity contribution is 6.31. The van der Waals surface area contributed by atoms with Crippen LogP contribution in [0.2, 0.25) is 5.02 Å². The Morgan fingerprint density at radius 1 is 1.32 bits per heavy atom. The molecule has 0 saturated carbocycles. The second-order valence-electron chi connectivity index (χ2n) is 5.19. The zero-order valence-electron chi connectivity index (χ0n) is 13.3. The number of nitrogens with one attached hydrogen (secondary N) is 2. The van der Waals surface area contributed by atoms with E-state index in [1.54, 1.807) is 6.07 Å². The molecule has 0 aliphatic heterocycles. The molecule has 0 aliphatic rings. The Balaban J connectivity index is 2.02. The predicted molar refractivity (Wildman–Crippen MR) is 89.4 cm³/mol. The summed E-state index contributed by atoms with van der Waals surface area (Å²) in [5.74, 6) is 0. The third-order valence-electron chi connectivity index (χ3n) is 3.77. The number of anilines is 1. The van der Waals surface area contributed by atoms with Gasteiger partial charge < -0.3 is 10.6 Å². The van der Waals surface area contributed by atoms with E-state index in [9.17, 15) is 4.79 Å². The van der Waals surface area contributed by atoms with Crippen LogP contribution in [0.5, 0.6) is 0 Å². The van der Waals surface area contributed by atoms with Crippen molar-refractivity contribution in [1.29, 1.82) is 0 Å². The Hall–Kier alpha value is -2.01. The van der Waals surface area contributed by atoms with Gasteiger partial charge in [-0.2, -0.15) is 5.10 Å². The number of carbonyl (C=O) groups excluding carboxylic acids is 1. The summed E-state index contributed by atoms with van der Waals surface area (Å²) in [6.45, 7) is 9.15. The van der Waals surface area contributed by atoms with E-state index in [0.717, 1.165) is 29.1 Å². The fourth-order valence-electron chi connectivity index (χ4n) is 2.38. The quantitative estimate of drug-likeness (QED) is 0.900. The van der Waals surface area contributed by atoms with Crippen LogP contribution >= 0.6 is 11.6 Å². The van der Waals surface area contributed by atoms with Crippen LogP contribution in [0.15, 0.2) is 18.2 Å². The Kier molecular flexibility index (Phi) is 5.08. The van der Waals surface area contributed by atoms with Gasteiger partial charge in [0.25, 0.3) is 0 Å². The smallest absolute Gasteiger partial charge is 0.319 e. The largest absolute Gasteiger partial charge is 0.334 e. The van der Waals surface area contributed by atoms with E-state index in [1.165, 1.54) is 0 Å². The minimum absolute atomic E-state index is 0.256. The molecule has 0 radical (unpaired) electrons. The molecule has 1 aromatic carbocycles. The molecule has 0 aliphatic carbocycles. The normalized spacial score (nSPS) is 10.6. The Labute approximate surface area is 135 Å². The molecule has 6 heteroatoms. The van der Waals surface area contributed by atoms with Crippen LogP contribution in [0.4, 0.5) is 10.5 Å².